The van der Waals surface area contributed by atoms with Crippen LogP contribution >= 0.6 is 0 Å². The van der Waals surface area contributed by atoms with Crippen molar-refractivity contribution in [3.63, 3.8) is 0 Å². The lowest BCUT2D eigenvalue weighted by Gasteiger charge is -2.32. The molecule has 0 unspecified atom stereocenters. The zero-order valence-electron chi connectivity index (χ0n) is 14.4. The molecular weight excluding hydrogens is 342 g/mol. The van der Waals surface area contributed by atoms with Crippen molar-refractivity contribution in [2.75, 3.05) is 18.4 Å². The van der Waals surface area contributed by atoms with E-state index in [1.54, 1.807) is 21.8 Å². The van der Waals surface area contributed by atoms with Gasteiger partial charge in [-0.25, -0.2) is 13.5 Å². The van der Waals surface area contributed by atoms with Crippen molar-refractivity contribution in [3.05, 3.63) is 47.7 Å². The van der Waals surface area contributed by atoms with Crippen molar-refractivity contribution in [3.8, 4) is 0 Å². The molecule has 1 aromatic heterocycles. The predicted octanol–water partition coefficient (Wildman–Crippen LogP) is 2.53. The molecule has 1 aliphatic rings. The number of carbonyl (C=O) groups excluding carboxylic acids is 2. The van der Waals surface area contributed by atoms with E-state index < -0.39 is 11.6 Å². The summed E-state index contributed by atoms with van der Waals surface area (Å²) in [6.07, 6.45) is 2.81. The van der Waals surface area contributed by atoms with Gasteiger partial charge in [0.15, 0.2) is 0 Å². The topological polar surface area (TPSA) is 67.2 Å². The van der Waals surface area contributed by atoms with Gasteiger partial charge in [0.05, 0.1) is 18.7 Å². The summed E-state index contributed by atoms with van der Waals surface area (Å²) in [6.45, 7) is 2.43. The van der Waals surface area contributed by atoms with Crippen LogP contribution in [-0.2, 0) is 16.0 Å². The Kier molecular flexibility index (Phi) is 5.29. The molecule has 1 fully saturated rings. The molecule has 0 radical (unpaired) electrons. The number of nitrogens with one attached hydrogen (secondary N) is 1. The van der Waals surface area contributed by atoms with Gasteiger partial charge in [-0.15, -0.1) is 0 Å². The van der Waals surface area contributed by atoms with E-state index in [2.05, 4.69) is 10.4 Å². The third kappa shape index (κ3) is 4.07. The van der Waals surface area contributed by atoms with Crippen LogP contribution in [0.25, 0.3) is 0 Å². The van der Waals surface area contributed by atoms with Crippen LogP contribution < -0.4 is 5.32 Å². The number of amides is 2. The van der Waals surface area contributed by atoms with Gasteiger partial charge in [-0.2, -0.15) is 5.10 Å². The standard InChI is InChI=1S/C18H20F2N4O2/c1-12(25)22-17-4-7-21-24(17)15-5-8-23(9-6-15)18(26)11-13-10-14(19)2-3-16(13)20/h2-4,7,10,15H,5-6,8-9,11H2,1H3,(H,22,25). The Labute approximate surface area is 149 Å². The second-order valence-electron chi connectivity index (χ2n) is 6.37. The summed E-state index contributed by atoms with van der Waals surface area (Å²) in [5.41, 5.74) is 0.0668. The molecule has 0 spiro atoms. The number of likely N-dealkylation sites (tertiary alicyclic amines) is 1. The van der Waals surface area contributed by atoms with Crippen molar-refractivity contribution >= 4 is 17.6 Å². The third-order valence-electron chi connectivity index (χ3n) is 4.49. The number of nitrogens with zero attached hydrogens (tertiary/aromatic N) is 3. The highest BCUT2D eigenvalue weighted by atomic mass is 19.1. The minimum atomic E-state index is -0.578. The molecule has 0 atom stereocenters. The molecule has 26 heavy (non-hydrogen) atoms. The lowest BCUT2D eigenvalue weighted by molar-refractivity contribution is -0.131. The van der Waals surface area contributed by atoms with Crippen molar-refractivity contribution in [1.29, 1.82) is 0 Å². The first kappa shape index (κ1) is 18.0. The maximum Gasteiger partial charge on any atom is 0.227 e. The Hall–Kier alpha value is -2.77. The molecule has 1 N–H and O–H groups in total. The maximum atomic E-state index is 13.7. The van der Waals surface area contributed by atoms with Crippen LogP contribution in [0, 0.1) is 11.6 Å². The summed E-state index contributed by atoms with van der Waals surface area (Å²) in [6, 6.07) is 4.92. The predicted molar refractivity (Wildman–Crippen MR) is 91.4 cm³/mol. The van der Waals surface area contributed by atoms with E-state index in [0.29, 0.717) is 31.7 Å². The first-order chi connectivity index (χ1) is 12.4. The minimum absolute atomic E-state index is 0.0668. The molecule has 1 aliphatic heterocycles. The Morgan fingerprint density at radius 1 is 1.23 bits per heavy atom. The summed E-state index contributed by atoms with van der Waals surface area (Å²) in [4.78, 5) is 25.3. The smallest absolute Gasteiger partial charge is 0.227 e. The molecule has 1 aromatic carbocycles. The summed E-state index contributed by atoms with van der Waals surface area (Å²) in [5.74, 6) is -0.903. The van der Waals surface area contributed by atoms with Crippen LogP contribution in [0.5, 0.6) is 0 Å². The van der Waals surface area contributed by atoms with E-state index in [4.69, 9.17) is 0 Å². The van der Waals surface area contributed by atoms with Gasteiger partial charge in [0.25, 0.3) is 0 Å². The van der Waals surface area contributed by atoms with E-state index in [1.807, 2.05) is 0 Å². The fourth-order valence-electron chi connectivity index (χ4n) is 3.20. The molecule has 8 heteroatoms. The fourth-order valence-corrected chi connectivity index (χ4v) is 3.20. The Morgan fingerprint density at radius 3 is 2.65 bits per heavy atom. The van der Waals surface area contributed by atoms with Crippen LogP contribution in [0.2, 0.25) is 0 Å². The summed E-state index contributed by atoms with van der Waals surface area (Å²) < 4.78 is 28.7. The molecule has 6 nitrogen and oxygen atoms in total. The van der Waals surface area contributed by atoms with Crippen molar-refractivity contribution in [2.24, 2.45) is 0 Å². The molecule has 0 saturated carbocycles. The number of hydrogen-bond donors (Lipinski definition) is 1. The molecule has 0 aliphatic carbocycles. The van der Waals surface area contributed by atoms with Crippen LogP contribution in [-0.4, -0.2) is 39.6 Å². The maximum absolute atomic E-state index is 13.7. The highest BCUT2D eigenvalue weighted by Crippen LogP contribution is 2.26. The quantitative estimate of drug-likeness (QED) is 0.909. The molecule has 3 rings (SSSR count). The van der Waals surface area contributed by atoms with E-state index in [-0.39, 0.29) is 29.8 Å². The first-order valence-electron chi connectivity index (χ1n) is 8.47. The number of benzene rings is 1. The normalized spacial score (nSPS) is 15.1. The summed E-state index contributed by atoms with van der Waals surface area (Å²) >= 11 is 0. The van der Waals surface area contributed by atoms with Gasteiger partial charge in [0.1, 0.15) is 17.5 Å². The number of carbonyl (C=O) groups is 2. The zero-order valence-corrected chi connectivity index (χ0v) is 14.4. The lowest BCUT2D eigenvalue weighted by atomic mass is 10.0. The SMILES string of the molecule is CC(=O)Nc1ccnn1C1CCN(C(=O)Cc2cc(F)ccc2F)CC1. The average Bonchev–Trinajstić information content (AvgIpc) is 3.05. The van der Waals surface area contributed by atoms with Crippen LogP contribution in [0.1, 0.15) is 31.4 Å². The van der Waals surface area contributed by atoms with Crippen molar-refractivity contribution in [1.82, 2.24) is 14.7 Å². The molecule has 2 aromatic rings. The number of aromatic nitrogens is 2. The van der Waals surface area contributed by atoms with Gasteiger partial charge >= 0.3 is 0 Å². The van der Waals surface area contributed by atoms with Gasteiger partial charge in [0, 0.05) is 31.6 Å². The minimum Gasteiger partial charge on any atom is -0.342 e. The zero-order chi connectivity index (χ0) is 18.7. The monoisotopic (exact) mass is 362 g/mol. The van der Waals surface area contributed by atoms with Crippen LogP contribution in [0.3, 0.4) is 0 Å². The third-order valence-corrected chi connectivity index (χ3v) is 4.49. The molecule has 2 heterocycles. The number of hydrogen-bond acceptors (Lipinski definition) is 3. The summed E-state index contributed by atoms with van der Waals surface area (Å²) in [5, 5.41) is 6.99. The number of halogens is 2. The van der Waals surface area contributed by atoms with Gasteiger partial charge < -0.3 is 10.2 Å². The van der Waals surface area contributed by atoms with E-state index in [1.165, 1.54) is 6.92 Å². The second kappa shape index (κ2) is 7.63. The van der Waals surface area contributed by atoms with Gasteiger partial charge in [0.2, 0.25) is 11.8 Å². The molecule has 1 saturated heterocycles. The van der Waals surface area contributed by atoms with E-state index in [9.17, 15) is 18.4 Å². The number of piperidine rings is 1. The molecule has 0 bridgehead atoms. The van der Waals surface area contributed by atoms with E-state index >= 15 is 0 Å². The first-order valence-corrected chi connectivity index (χ1v) is 8.47. The van der Waals surface area contributed by atoms with Gasteiger partial charge in [-0.05, 0) is 31.0 Å². The summed E-state index contributed by atoms with van der Waals surface area (Å²) in [7, 11) is 0. The highest BCUT2D eigenvalue weighted by molar-refractivity contribution is 5.87. The van der Waals surface area contributed by atoms with Crippen LogP contribution in [0.15, 0.2) is 30.5 Å². The fraction of sp³-hybridized carbons (Fsp3) is 0.389. The molecule has 138 valence electrons. The number of anilines is 1. The average molecular weight is 362 g/mol. The molecular formula is C18H20F2N4O2. The van der Waals surface area contributed by atoms with Crippen LogP contribution in [0.4, 0.5) is 14.6 Å². The Bertz CT molecular complexity index is 813. The number of rotatable bonds is 4. The van der Waals surface area contributed by atoms with Gasteiger partial charge in [-0.1, -0.05) is 0 Å². The highest BCUT2D eigenvalue weighted by Gasteiger charge is 2.26. The van der Waals surface area contributed by atoms with Crippen molar-refractivity contribution in [2.45, 2.75) is 32.2 Å². The lowest BCUT2D eigenvalue weighted by Crippen LogP contribution is -2.40. The largest absolute Gasteiger partial charge is 0.342 e. The second-order valence-corrected chi connectivity index (χ2v) is 6.37. The van der Waals surface area contributed by atoms with Gasteiger partial charge in [-0.3, -0.25) is 9.59 Å². The Morgan fingerprint density at radius 2 is 1.96 bits per heavy atom. The van der Waals surface area contributed by atoms with E-state index in [0.717, 1.165) is 18.2 Å². The Balaban J connectivity index is 1.60. The molecule has 2 amide bonds. The van der Waals surface area contributed by atoms with Crippen molar-refractivity contribution < 1.29 is 18.4 Å².